The summed E-state index contributed by atoms with van der Waals surface area (Å²) in [6.07, 6.45) is 4.50. The Labute approximate surface area is 180 Å². The van der Waals surface area contributed by atoms with Crippen molar-refractivity contribution >= 4 is 5.97 Å². The molecule has 172 valence electrons. The molecule has 0 bridgehead atoms. The fraction of sp³-hybridized carbons (Fsp3) is 0.960. The van der Waals surface area contributed by atoms with Gasteiger partial charge in [-0.15, -0.1) is 0 Å². The Hall–Kier alpha value is -0.610. The second-order valence-corrected chi connectivity index (χ2v) is 12.1. The Morgan fingerprint density at radius 3 is 1.72 bits per heavy atom. The van der Waals surface area contributed by atoms with Gasteiger partial charge in [0.25, 0.3) is 0 Å². The number of esters is 1. The average Bonchev–Trinajstić information content (AvgIpc) is 2.52. The van der Waals surface area contributed by atoms with Crippen LogP contribution in [0.4, 0.5) is 0 Å². The normalized spacial score (nSPS) is 24.4. The topological polar surface area (TPSA) is 44.8 Å². The van der Waals surface area contributed by atoms with E-state index < -0.39 is 5.41 Å². The molecule has 0 spiro atoms. The molecule has 0 N–H and O–H groups in total. The monoisotopic (exact) mass is 412 g/mol. The first-order valence-corrected chi connectivity index (χ1v) is 11.6. The van der Waals surface area contributed by atoms with E-state index in [1.807, 2.05) is 13.8 Å². The van der Waals surface area contributed by atoms with Gasteiger partial charge in [0.05, 0.1) is 17.6 Å². The van der Waals surface area contributed by atoms with Crippen LogP contribution < -0.4 is 0 Å². The molecule has 0 aromatic rings. The molecule has 0 aromatic heterocycles. The van der Waals surface area contributed by atoms with Crippen molar-refractivity contribution in [1.82, 2.24) is 0 Å². The molecule has 2 unspecified atom stereocenters. The first-order valence-electron chi connectivity index (χ1n) is 11.6. The van der Waals surface area contributed by atoms with Crippen LogP contribution in [0.3, 0.4) is 0 Å². The van der Waals surface area contributed by atoms with Gasteiger partial charge in [-0.1, -0.05) is 55.4 Å². The maximum atomic E-state index is 13.3. The minimum Gasteiger partial charge on any atom is -0.462 e. The van der Waals surface area contributed by atoms with Gasteiger partial charge in [0.1, 0.15) is 6.10 Å². The fourth-order valence-electron chi connectivity index (χ4n) is 4.08. The van der Waals surface area contributed by atoms with Crippen LogP contribution in [-0.4, -0.2) is 30.6 Å². The van der Waals surface area contributed by atoms with Crippen LogP contribution in [0.1, 0.15) is 108 Å². The van der Waals surface area contributed by atoms with E-state index in [1.54, 1.807) is 0 Å². The highest BCUT2D eigenvalue weighted by atomic mass is 16.7. The first-order chi connectivity index (χ1) is 13.0. The quantitative estimate of drug-likeness (QED) is 0.326. The molecule has 0 radical (unpaired) electrons. The van der Waals surface area contributed by atoms with Crippen molar-refractivity contribution in [1.29, 1.82) is 0 Å². The summed E-state index contributed by atoms with van der Waals surface area (Å²) in [5.41, 5.74) is -0.600. The van der Waals surface area contributed by atoms with E-state index in [1.165, 1.54) is 0 Å². The summed E-state index contributed by atoms with van der Waals surface area (Å²) >= 11 is 0. The Morgan fingerprint density at radius 2 is 1.34 bits per heavy atom. The molecule has 1 saturated carbocycles. The predicted molar refractivity (Wildman–Crippen MR) is 120 cm³/mol. The van der Waals surface area contributed by atoms with E-state index in [0.717, 1.165) is 32.1 Å². The number of carbonyl (C=O) groups is 1. The maximum Gasteiger partial charge on any atom is 0.312 e. The van der Waals surface area contributed by atoms with E-state index >= 15 is 0 Å². The van der Waals surface area contributed by atoms with Crippen LogP contribution in [0.15, 0.2) is 0 Å². The lowest BCUT2D eigenvalue weighted by atomic mass is 9.61. The largest absolute Gasteiger partial charge is 0.462 e. The Balaban J connectivity index is 2.67. The van der Waals surface area contributed by atoms with Crippen LogP contribution in [0.5, 0.6) is 0 Å². The van der Waals surface area contributed by atoms with E-state index in [4.69, 9.17) is 14.2 Å². The Kier molecular flexibility index (Phi) is 9.23. The zero-order valence-corrected chi connectivity index (χ0v) is 21.1. The molecule has 1 aliphatic rings. The Morgan fingerprint density at radius 1 is 0.862 bits per heavy atom. The van der Waals surface area contributed by atoms with Crippen molar-refractivity contribution < 1.29 is 19.0 Å². The summed E-state index contributed by atoms with van der Waals surface area (Å²) in [7, 11) is 0. The summed E-state index contributed by atoms with van der Waals surface area (Å²) in [6.45, 7) is 23.4. The highest BCUT2D eigenvalue weighted by molar-refractivity contribution is 5.77. The third-order valence-electron chi connectivity index (χ3n) is 6.16. The van der Waals surface area contributed by atoms with Gasteiger partial charge < -0.3 is 14.2 Å². The van der Waals surface area contributed by atoms with Crippen molar-refractivity contribution in [2.24, 2.45) is 22.2 Å². The summed E-state index contributed by atoms with van der Waals surface area (Å²) in [4.78, 5) is 13.3. The van der Waals surface area contributed by atoms with Crippen LogP contribution in [0.2, 0.25) is 0 Å². The minimum atomic E-state index is -0.507. The highest BCUT2D eigenvalue weighted by Gasteiger charge is 2.48. The number of hydrogen-bond donors (Lipinski definition) is 0. The van der Waals surface area contributed by atoms with Gasteiger partial charge in [-0.25, -0.2) is 0 Å². The molecule has 0 saturated heterocycles. The molecule has 2 atom stereocenters. The first kappa shape index (κ1) is 26.4. The van der Waals surface area contributed by atoms with Crippen molar-refractivity contribution in [3.8, 4) is 0 Å². The lowest BCUT2D eigenvalue weighted by Gasteiger charge is -2.44. The average molecular weight is 413 g/mol. The third kappa shape index (κ3) is 8.20. The van der Waals surface area contributed by atoms with E-state index in [0.29, 0.717) is 5.92 Å². The SMILES string of the molecule is CC(C)OC(OC1CCC(OC(=O)C(C)(CC(C)(C)C)C(C)(C)C)CC1)C(C)C. The van der Waals surface area contributed by atoms with Gasteiger partial charge >= 0.3 is 5.97 Å². The highest BCUT2D eigenvalue weighted by Crippen LogP contribution is 2.48. The Bertz CT molecular complexity index is 504. The molecule has 1 aliphatic carbocycles. The molecule has 29 heavy (non-hydrogen) atoms. The van der Waals surface area contributed by atoms with Crippen molar-refractivity contribution in [2.75, 3.05) is 0 Å². The van der Waals surface area contributed by atoms with Crippen molar-refractivity contribution in [3.63, 3.8) is 0 Å². The molecule has 1 rings (SSSR count). The van der Waals surface area contributed by atoms with Gasteiger partial charge in [0, 0.05) is 5.92 Å². The lowest BCUT2D eigenvalue weighted by molar-refractivity contribution is -0.217. The molecule has 4 nitrogen and oxygen atoms in total. The van der Waals surface area contributed by atoms with E-state index in [9.17, 15) is 4.79 Å². The van der Waals surface area contributed by atoms with Crippen molar-refractivity contribution in [2.45, 2.75) is 133 Å². The molecular formula is C25H48O4. The summed E-state index contributed by atoms with van der Waals surface area (Å²) in [5.74, 6) is 0.269. The summed E-state index contributed by atoms with van der Waals surface area (Å²) in [5, 5.41) is 0. The number of carbonyl (C=O) groups excluding carboxylic acids is 1. The third-order valence-corrected chi connectivity index (χ3v) is 6.16. The van der Waals surface area contributed by atoms with Crippen LogP contribution >= 0.6 is 0 Å². The van der Waals surface area contributed by atoms with Crippen LogP contribution in [0, 0.1) is 22.2 Å². The zero-order chi connectivity index (χ0) is 22.6. The van der Waals surface area contributed by atoms with E-state index in [-0.39, 0.29) is 41.4 Å². The van der Waals surface area contributed by atoms with Crippen LogP contribution in [0.25, 0.3) is 0 Å². The van der Waals surface area contributed by atoms with Gasteiger partial charge in [-0.3, -0.25) is 4.79 Å². The second kappa shape index (κ2) is 10.1. The minimum absolute atomic E-state index is 0.00693. The molecule has 0 heterocycles. The maximum absolute atomic E-state index is 13.3. The summed E-state index contributed by atoms with van der Waals surface area (Å²) < 4.78 is 18.2. The lowest BCUT2D eigenvalue weighted by Crippen LogP contribution is -2.46. The molecule has 0 amide bonds. The van der Waals surface area contributed by atoms with Gasteiger partial charge in [-0.05, 0) is 63.7 Å². The predicted octanol–water partition coefficient (Wildman–Crippen LogP) is 6.75. The van der Waals surface area contributed by atoms with E-state index in [2.05, 4.69) is 62.3 Å². The molecular weight excluding hydrogens is 364 g/mol. The van der Waals surface area contributed by atoms with Crippen LogP contribution in [-0.2, 0) is 19.0 Å². The molecule has 0 aliphatic heterocycles. The number of ether oxygens (including phenoxy) is 3. The molecule has 4 heteroatoms. The fourth-order valence-corrected chi connectivity index (χ4v) is 4.08. The van der Waals surface area contributed by atoms with Gasteiger partial charge in [-0.2, -0.15) is 0 Å². The number of rotatable bonds is 8. The number of hydrogen-bond acceptors (Lipinski definition) is 4. The van der Waals surface area contributed by atoms with Gasteiger partial charge in [0.2, 0.25) is 0 Å². The summed E-state index contributed by atoms with van der Waals surface area (Å²) in [6, 6.07) is 0. The standard InChI is InChI=1S/C25H48O4/c1-17(2)21(27-18(3)4)28-19-12-14-20(15-13-19)29-22(26)25(11,24(8,9)10)16-23(5,6)7/h17-21H,12-16H2,1-11H3. The van der Waals surface area contributed by atoms with Gasteiger partial charge in [0.15, 0.2) is 6.29 Å². The van der Waals surface area contributed by atoms with Crippen molar-refractivity contribution in [3.05, 3.63) is 0 Å². The second-order valence-electron chi connectivity index (χ2n) is 12.1. The molecule has 0 aromatic carbocycles. The zero-order valence-electron chi connectivity index (χ0n) is 21.1. The smallest absolute Gasteiger partial charge is 0.312 e. The molecule has 1 fully saturated rings.